The minimum Gasteiger partial charge on any atom is -0.497 e. The average Bonchev–Trinajstić information content (AvgIpc) is 2.90. The summed E-state index contributed by atoms with van der Waals surface area (Å²) < 4.78 is 5.25. The fourth-order valence-corrected chi connectivity index (χ4v) is 2.62. The summed E-state index contributed by atoms with van der Waals surface area (Å²) in [4.78, 5) is 14.4. The molecule has 0 aliphatic carbocycles. The van der Waals surface area contributed by atoms with Crippen LogP contribution in [0.2, 0.25) is 0 Å². The number of aromatic nitrogens is 2. The molecule has 0 saturated carbocycles. The van der Waals surface area contributed by atoms with Gasteiger partial charge in [-0.05, 0) is 38.0 Å². The van der Waals surface area contributed by atoms with Gasteiger partial charge < -0.3 is 15.0 Å². The first-order chi connectivity index (χ1) is 11.5. The molecule has 0 fully saturated rings. The van der Waals surface area contributed by atoms with Gasteiger partial charge in [-0.15, -0.1) is 0 Å². The number of nitrogens with one attached hydrogen (secondary N) is 2. The van der Waals surface area contributed by atoms with Crippen molar-refractivity contribution in [2.45, 2.75) is 40.3 Å². The zero-order valence-corrected chi connectivity index (χ0v) is 14.8. The molecular formula is C18H26N4O2. The number of aromatic amines is 1. The van der Waals surface area contributed by atoms with Crippen LogP contribution in [0.3, 0.4) is 0 Å². The van der Waals surface area contributed by atoms with Crippen LogP contribution in [0.5, 0.6) is 5.75 Å². The van der Waals surface area contributed by atoms with Gasteiger partial charge in [0.15, 0.2) is 0 Å². The van der Waals surface area contributed by atoms with E-state index in [1.165, 1.54) is 0 Å². The van der Waals surface area contributed by atoms with Gasteiger partial charge in [-0.3, -0.25) is 5.10 Å². The van der Waals surface area contributed by atoms with Crippen molar-refractivity contribution in [2.24, 2.45) is 0 Å². The van der Waals surface area contributed by atoms with Gasteiger partial charge in [0.2, 0.25) is 0 Å². The summed E-state index contributed by atoms with van der Waals surface area (Å²) in [6.45, 7) is 7.70. The molecule has 1 heterocycles. The van der Waals surface area contributed by atoms with Crippen LogP contribution in [-0.4, -0.2) is 34.8 Å². The third-order valence-corrected chi connectivity index (χ3v) is 3.99. The minimum atomic E-state index is -0.0698. The first kappa shape index (κ1) is 17.8. The van der Waals surface area contributed by atoms with Crippen LogP contribution in [-0.2, 0) is 13.1 Å². The highest BCUT2D eigenvalue weighted by molar-refractivity contribution is 5.74. The molecule has 1 aromatic carbocycles. The second-order valence-corrected chi connectivity index (χ2v) is 5.84. The number of nitrogens with zero attached hydrogens (tertiary/aromatic N) is 2. The van der Waals surface area contributed by atoms with Gasteiger partial charge in [0.25, 0.3) is 0 Å². The molecule has 0 bridgehead atoms. The summed E-state index contributed by atoms with van der Waals surface area (Å²) >= 11 is 0. The van der Waals surface area contributed by atoms with Gasteiger partial charge in [0, 0.05) is 30.9 Å². The molecule has 2 N–H and O–H groups in total. The summed E-state index contributed by atoms with van der Waals surface area (Å²) in [7, 11) is 1.64. The smallest absolute Gasteiger partial charge is 0.317 e. The van der Waals surface area contributed by atoms with Gasteiger partial charge >= 0.3 is 6.03 Å². The Balaban J connectivity index is 2.01. The third kappa shape index (κ3) is 4.50. The molecule has 2 rings (SSSR count). The zero-order chi connectivity index (χ0) is 17.5. The SMILES string of the molecule is CCCN(Cc1cccc(OC)c1)C(=O)NCc1c(C)n[nH]c1C. The largest absolute Gasteiger partial charge is 0.497 e. The number of methoxy groups -OCH3 is 1. The Labute approximate surface area is 143 Å². The standard InChI is InChI=1S/C18H26N4O2/c1-5-9-22(12-15-7-6-8-16(10-15)24-4)18(23)19-11-17-13(2)20-21-14(17)3/h6-8,10H,5,9,11-12H2,1-4H3,(H,19,23)(H,20,21). The van der Waals surface area contributed by atoms with E-state index < -0.39 is 0 Å². The van der Waals surface area contributed by atoms with Crippen LogP contribution in [0.25, 0.3) is 0 Å². The monoisotopic (exact) mass is 330 g/mol. The van der Waals surface area contributed by atoms with Crippen molar-refractivity contribution >= 4 is 6.03 Å². The first-order valence-electron chi connectivity index (χ1n) is 8.21. The summed E-state index contributed by atoms with van der Waals surface area (Å²) in [6, 6.07) is 7.73. The Morgan fingerprint density at radius 1 is 1.38 bits per heavy atom. The van der Waals surface area contributed by atoms with Crippen molar-refractivity contribution < 1.29 is 9.53 Å². The van der Waals surface area contributed by atoms with E-state index in [-0.39, 0.29) is 6.03 Å². The summed E-state index contributed by atoms with van der Waals surface area (Å²) in [6.07, 6.45) is 0.904. The molecule has 0 radical (unpaired) electrons. The van der Waals surface area contributed by atoms with E-state index in [9.17, 15) is 4.79 Å². The molecule has 0 unspecified atom stereocenters. The molecule has 0 spiro atoms. The van der Waals surface area contributed by atoms with Gasteiger partial charge in [-0.25, -0.2) is 4.79 Å². The fourth-order valence-electron chi connectivity index (χ4n) is 2.62. The Bertz CT molecular complexity index is 662. The number of hydrogen-bond donors (Lipinski definition) is 2. The van der Waals surface area contributed by atoms with Crippen molar-refractivity contribution in [3.05, 3.63) is 46.8 Å². The molecule has 0 aliphatic rings. The van der Waals surface area contributed by atoms with E-state index in [0.717, 1.165) is 34.7 Å². The molecule has 0 saturated heterocycles. The van der Waals surface area contributed by atoms with E-state index in [1.54, 1.807) is 7.11 Å². The van der Waals surface area contributed by atoms with Gasteiger partial charge in [-0.1, -0.05) is 19.1 Å². The topological polar surface area (TPSA) is 70.2 Å². The number of benzene rings is 1. The Morgan fingerprint density at radius 2 is 2.17 bits per heavy atom. The quantitative estimate of drug-likeness (QED) is 0.819. The zero-order valence-electron chi connectivity index (χ0n) is 14.8. The Hall–Kier alpha value is -2.50. The van der Waals surface area contributed by atoms with Gasteiger partial charge in [-0.2, -0.15) is 5.10 Å². The molecule has 0 atom stereocenters. The fraction of sp³-hybridized carbons (Fsp3) is 0.444. The number of carbonyl (C=O) groups is 1. The molecule has 24 heavy (non-hydrogen) atoms. The normalized spacial score (nSPS) is 10.5. The summed E-state index contributed by atoms with van der Waals surface area (Å²) in [5, 5.41) is 10.1. The number of rotatable bonds is 7. The second-order valence-electron chi connectivity index (χ2n) is 5.84. The number of hydrogen-bond acceptors (Lipinski definition) is 3. The number of urea groups is 1. The van der Waals surface area contributed by atoms with Crippen molar-refractivity contribution in [1.82, 2.24) is 20.4 Å². The molecule has 2 aromatic rings. The number of H-pyrrole nitrogens is 1. The maximum Gasteiger partial charge on any atom is 0.317 e. The lowest BCUT2D eigenvalue weighted by molar-refractivity contribution is 0.194. The van der Waals surface area contributed by atoms with E-state index >= 15 is 0 Å². The molecule has 1 aromatic heterocycles. The van der Waals surface area contributed by atoms with E-state index in [4.69, 9.17) is 4.74 Å². The Kier molecular flexibility index (Phi) is 6.23. The highest BCUT2D eigenvalue weighted by Crippen LogP contribution is 2.15. The number of amides is 2. The Morgan fingerprint density at radius 3 is 2.79 bits per heavy atom. The van der Waals surface area contributed by atoms with E-state index in [1.807, 2.05) is 43.0 Å². The van der Waals surface area contributed by atoms with Crippen molar-refractivity contribution in [3.8, 4) is 5.75 Å². The second kappa shape index (κ2) is 8.38. The molecule has 130 valence electrons. The molecular weight excluding hydrogens is 304 g/mol. The lowest BCUT2D eigenvalue weighted by Gasteiger charge is -2.23. The molecule has 0 aliphatic heterocycles. The first-order valence-corrected chi connectivity index (χ1v) is 8.21. The van der Waals surface area contributed by atoms with Crippen LogP contribution in [0.1, 0.15) is 35.9 Å². The van der Waals surface area contributed by atoms with Crippen LogP contribution in [0.15, 0.2) is 24.3 Å². The van der Waals surface area contributed by atoms with E-state index in [0.29, 0.717) is 19.6 Å². The molecule has 2 amide bonds. The number of carbonyl (C=O) groups excluding carboxylic acids is 1. The highest BCUT2D eigenvalue weighted by atomic mass is 16.5. The minimum absolute atomic E-state index is 0.0698. The van der Waals surface area contributed by atoms with Crippen molar-refractivity contribution in [3.63, 3.8) is 0 Å². The summed E-state index contributed by atoms with van der Waals surface area (Å²) in [5.41, 5.74) is 4.00. The lowest BCUT2D eigenvalue weighted by atomic mass is 10.2. The van der Waals surface area contributed by atoms with Crippen molar-refractivity contribution in [2.75, 3.05) is 13.7 Å². The van der Waals surface area contributed by atoms with E-state index in [2.05, 4.69) is 22.4 Å². The van der Waals surface area contributed by atoms with Crippen LogP contribution in [0.4, 0.5) is 4.79 Å². The molecule has 6 nitrogen and oxygen atoms in total. The van der Waals surface area contributed by atoms with Gasteiger partial charge in [0.05, 0.1) is 12.8 Å². The maximum absolute atomic E-state index is 12.6. The van der Waals surface area contributed by atoms with Crippen LogP contribution < -0.4 is 10.1 Å². The third-order valence-electron chi connectivity index (χ3n) is 3.99. The van der Waals surface area contributed by atoms with Crippen LogP contribution >= 0.6 is 0 Å². The molecule has 6 heteroatoms. The lowest BCUT2D eigenvalue weighted by Crippen LogP contribution is -2.39. The summed E-state index contributed by atoms with van der Waals surface area (Å²) in [5.74, 6) is 0.800. The van der Waals surface area contributed by atoms with Crippen molar-refractivity contribution in [1.29, 1.82) is 0 Å². The number of ether oxygens (including phenoxy) is 1. The maximum atomic E-state index is 12.6. The predicted molar refractivity (Wildman–Crippen MR) is 94.0 cm³/mol. The van der Waals surface area contributed by atoms with Gasteiger partial charge in [0.1, 0.15) is 5.75 Å². The average molecular weight is 330 g/mol. The number of aryl methyl sites for hydroxylation is 2. The van der Waals surface area contributed by atoms with Crippen LogP contribution in [0, 0.1) is 13.8 Å². The predicted octanol–water partition coefficient (Wildman–Crippen LogP) is 3.16. The highest BCUT2D eigenvalue weighted by Gasteiger charge is 2.15.